The highest BCUT2D eigenvalue weighted by Gasteiger charge is 2.32. The smallest absolute Gasteiger partial charge is 0.0788 e. The Hall–Kier alpha value is -5.34. The van der Waals surface area contributed by atoms with Gasteiger partial charge in [-0.05, 0) is 53.8 Å². The van der Waals surface area contributed by atoms with E-state index in [4.69, 9.17) is 0 Å². The van der Waals surface area contributed by atoms with Crippen LogP contribution in [-0.4, -0.2) is 9.13 Å². The standard InChI is InChI=1S/C41H30N2/c1-4-14-28(15-5-1)31-26-27-38(39(31)29-16-6-2-7-17-29)43-37-23-13-11-21-33(37)35-25-24-34-32-20-10-12-22-36(32)42(40(34)41(35)43)30-18-8-3-9-19-30/h1-12,14-22,24-27,39H,13,23H2. The van der Waals surface area contributed by atoms with Gasteiger partial charge in [0.05, 0.1) is 22.5 Å². The first kappa shape index (κ1) is 24.3. The minimum absolute atomic E-state index is 0.124. The van der Waals surface area contributed by atoms with E-state index in [1.54, 1.807) is 0 Å². The molecule has 0 bridgehead atoms. The predicted octanol–water partition coefficient (Wildman–Crippen LogP) is 10.4. The van der Waals surface area contributed by atoms with Gasteiger partial charge < -0.3 is 9.13 Å². The molecule has 0 saturated carbocycles. The number of nitrogens with zero attached hydrogens (tertiary/aromatic N) is 2. The minimum atomic E-state index is 0.124. The fourth-order valence-electron chi connectivity index (χ4n) is 7.50. The Morgan fingerprint density at radius 2 is 1.23 bits per heavy atom. The Morgan fingerprint density at radius 3 is 2.05 bits per heavy atom. The summed E-state index contributed by atoms with van der Waals surface area (Å²) in [5, 5.41) is 3.89. The van der Waals surface area contributed by atoms with E-state index in [0.717, 1.165) is 12.8 Å². The van der Waals surface area contributed by atoms with Gasteiger partial charge in [0.25, 0.3) is 0 Å². The van der Waals surface area contributed by atoms with Crippen molar-refractivity contribution in [3.63, 3.8) is 0 Å². The Morgan fingerprint density at radius 1 is 0.558 bits per heavy atom. The molecule has 1 unspecified atom stereocenters. The molecule has 0 N–H and O–H groups in total. The monoisotopic (exact) mass is 550 g/mol. The molecule has 0 fully saturated rings. The van der Waals surface area contributed by atoms with Crippen LogP contribution < -0.4 is 0 Å². The maximum Gasteiger partial charge on any atom is 0.0788 e. The second-order valence-corrected chi connectivity index (χ2v) is 11.6. The Balaban J connectivity index is 1.41. The molecule has 1 atom stereocenters. The maximum absolute atomic E-state index is 2.64. The predicted molar refractivity (Wildman–Crippen MR) is 182 cm³/mol. The maximum atomic E-state index is 2.64. The number of benzene rings is 5. The quantitative estimate of drug-likeness (QED) is 0.206. The van der Waals surface area contributed by atoms with Gasteiger partial charge in [0.2, 0.25) is 0 Å². The van der Waals surface area contributed by atoms with Crippen LogP contribution >= 0.6 is 0 Å². The van der Waals surface area contributed by atoms with Gasteiger partial charge in [0.15, 0.2) is 0 Å². The molecule has 0 saturated heterocycles. The van der Waals surface area contributed by atoms with Crippen molar-refractivity contribution in [3.05, 3.63) is 168 Å². The van der Waals surface area contributed by atoms with Gasteiger partial charge in [0, 0.05) is 38.8 Å². The third-order valence-electron chi connectivity index (χ3n) is 9.29. The van der Waals surface area contributed by atoms with Crippen LogP contribution in [0.5, 0.6) is 0 Å². The summed E-state index contributed by atoms with van der Waals surface area (Å²) in [7, 11) is 0. The van der Waals surface area contributed by atoms with E-state index in [9.17, 15) is 0 Å². The summed E-state index contributed by atoms with van der Waals surface area (Å²) in [4.78, 5) is 0. The van der Waals surface area contributed by atoms with Crippen LogP contribution in [0.15, 0.2) is 146 Å². The zero-order valence-corrected chi connectivity index (χ0v) is 23.8. The molecule has 0 amide bonds. The summed E-state index contributed by atoms with van der Waals surface area (Å²) in [5.41, 5.74) is 13.0. The van der Waals surface area contributed by atoms with Crippen LogP contribution in [-0.2, 0) is 6.42 Å². The zero-order chi connectivity index (χ0) is 28.3. The van der Waals surface area contributed by atoms with Gasteiger partial charge in [0.1, 0.15) is 0 Å². The van der Waals surface area contributed by atoms with Crippen molar-refractivity contribution in [1.29, 1.82) is 0 Å². The van der Waals surface area contributed by atoms with E-state index >= 15 is 0 Å². The van der Waals surface area contributed by atoms with Crippen molar-refractivity contribution in [2.45, 2.75) is 18.8 Å². The van der Waals surface area contributed by atoms with Gasteiger partial charge in [-0.25, -0.2) is 0 Å². The highest BCUT2D eigenvalue weighted by Crippen LogP contribution is 2.49. The molecule has 2 nitrogen and oxygen atoms in total. The molecule has 2 heterocycles. The van der Waals surface area contributed by atoms with E-state index in [2.05, 4.69) is 161 Å². The van der Waals surface area contributed by atoms with E-state index in [-0.39, 0.29) is 5.92 Å². The number of allylic oxidation sites excluding steroid dienone is 5. The van der Waals surface area contributed by atoms with Crippen LogP contribution in [0.4, 0.5) is 0 Å². The zero-order valence-electron chi connectivity index (χ0n) is 23.8. The average molecular weight is 551 g/mol. The summed E-state index contributed by atoms with van der Waals surface area (Å²) in [6.45, 7) is 0. The first-order chi connectivity index (χ1) is 21.4. The molecule has 0 radical (unpaired) electrons. The molecule has 2 aliphatic rings. The van der Waals surface area contributed by atoms with E-state index in [0.29, 0.717) is 0 Å². The first-order valence-electron chi connectivity index (χ1n) is 15.2. The lowest BCUT2D eigenvalue weighted by atomic mass is 9.87. The number of hydrogen-bond donors (Lipinski definition) is 0. The molecule has 9 rings (SSSR count). The van der Waals surface area contributed by atoms with Gasteiger partial charge >= 0.3 is 0 Å². The molecule has 0 spiro atoms. The second-order valence-electron chi connectivity index (χ2n) is 11.6. The summed E-state index contributed by atoms with van der Waals surface area (Å²) >= 11 is 0. The molecular weight excluding hydrogens is 520 g/mol. The van der Waals surface area contributed by atoms with Crippen LogP contribution in [0.1, 0.15) is 34.7 Å². The van der Waals surface area contributed by atoms with Crippen molar-refractivity contribution < 1.29 is 0 Å². The number of rotatable bonds is 4. The lowest BCUT2D eigenvalue weighted by molar-refractivity contribution is 0.874. The highest BCUT2D eigenvalue weighted by atomic mass is 15.1. The molecule has 2 heteroatoms. The number of fused-ring (bicyclic) bond motifs is 7. The summed E-state index contributed by atoms with van der Waals surface area (Å²) in [6.07, 6.45) is 11.5. The van der Waals surface area contributed by atoms with Crippen molar-refractivity contribution in [2.24, 2.45) is 0 Å². The molecule has 5 aromatic carbocycles. The molecule has 0 aliphatic heterocycles. The Labute approximate surface area is 251 Å². The fraction of sp³-hybridized carbons (Fsp3) is 0.0732. The fourth-order valence-corrected chi connectivity index (χ4v) is 7.50. The van der Waals surface area contributed by atoms with Crippen LogP contribution in [0.25, 0.3) is 55.7 Å². The SMILES string of the molecule is C1=Cc2c(n(C3=CC=C(c4ccccc4)C3c3ccccc3)c3c2ccc2c4ccccc4n(-c4ccccc4)c23)CC1. The number of aromatic nitrogens is 2. The van der Waals surface area contributed by atoms with E-state index in [1.807, 2.05) is 0 Å². The largest absolute Gasteiger partial charge is 0.314 e. The van der Waals surface area contributed by atoms with Crippen LogP contribution in [0, 0.1) is 0 Å². The number of hydrogen-bond acceptors (Lipinski definition) is 0. The number of para-hydroxylation sites is 2. The lowest BCUT2D eigenvalue weighted by Gasteiger charge is -2.25. The molecule has 7 aromatic rings. The summed E-state index contributed by atoms with van der Waals surface area (Å²) in [6, 6.07) is 46.3. The third-order valence-corrected chi connectivity index (χ3v) is 9.29. The van der Waals surface area contributed by atoms with Gasteiger partial charge in [-0.3, -0.25) is 0 Å². The minimum Gasteiger partial charge on any atom is -0.314 e. The van der Waals surface area contributed by atoms with Crippen molar-refractivity contribution >= 4 is 50.1 Å². The molecule has 204 valence electrons. The normalized spacial score (nSPS) is 16.1. The molecule has 43 heavy (non-hydrogen) atoms. The Kier molecular flexibility index (Phi) is 5.42. The average Bonchev–Trinajstić information content (AvgIpc) is 3.76. The summed E-state index contributed by atoms with van der Waals surface area (Å²) < 4.78 is 5.12. The van der Waals surface area contributed by atoms with E-state index in [1.165, 1.54) is 72.1 Å². The topological polar surface area (TPSA) is 9.86 Å². The van der Waals surface area contributed by atoms with Crippen molar-refractivity contribution in [1.82, 2.24) is 9.13 Å². The lowest BCUT2D eigenvalue weighted by Crippen LogP contribution is -2.11. The highest BCUT2D eigenvalue weighted by molar-refractivity contribution is 6.20. The van der Waals surface area contributed by atoms with Crippen LogP contribution in [0.2, 0.25) is 0 Å². The summed E-state index contributed by atoms with van der Waals surface area (Å²) in [5.74, 6) is 0.124. The van der Waals surface area contributed by atoms with Crippen molar-refractivity contribution in [2.75, 3.05) is 0 Å². The first-order valence-corrected chi connectivity index (χ1v) is 15.2. The Bertz CT molecular complexity index is 2260. The van der Waals surface area contributed by atoms with Gasteiger partial charge in [-0.1, -0.05) is 127 Å². The molecule has 2 aliphatic carbocycles. The van der Waals surface area contributed by atoms with Gasteiger partial charge in [-0.15, -0.1) is 0 Å². The van der Waals surface area contributed by atoms with Crippen molar-refractivity contribution in [3.8, 4) is 5.69 Å². The van der Waals surface area contributed by atoms with E-state index < -0.39 is 0 Å². The third kappa shape index (κ3) is 3.60. The van der Waals surface area contributed by atoms with Gasteiger partial charge in [-0.2, -0.15) is 0 Å². The molecular formula is C41H30N2. The van der Waals surface area contributed by atoms with Crippen LogP contribution in [0.3, 0.4) is 0 Å². The molecule has 2 aromatic heterocycles. The second kappa shape index (κ2) is 9.61.